The molecule has 0 saturated heterocycles. The zero-order valence-electron chi connectivity index (χ0n) is 12.4. The first-order chi connectivity index (χ1) is 9.67. The first-order valence-corrected chi connectivity index (χ1v) is 7.07. The summed E-state index contributed by atoms with van der Waals surface area (Å²) in [6, 6.07) is 10.3. The number of hydrogen-bond acceptors (Lipinski definition) is 3. The molecule has 0 aliphatic heterocycles. The summed E-state index contributed by atoms with van der Waals surface area (Å²) in [5, 5.41) is 3.26. The topological polar surface area (TPSA) is 34.1 Å². The monoisotopic (exact) mass is 270 g/mol. The second-order valence-corrected chi connectivity index (χ2v) is 5.09. The molecule has 0 radical (unpaired) electrons. The summed E-state index contributed by atoms with van der Waals surface area (Å²) < 4.78 is 5.81. The maximum atomic E-state index is 5.81. The lowest BCUT2D eigenvalue weighted by Crippen LogP contribution is -2.02. The Morgan fingerprint density at radius 1 is 1.10 bits per heavy atom. The first-order valence-electron chi connectivity index (χ1n) is 7.07. The van der Waals surface area contributed by atoms with Crippen LogP contribution in [0.2, 0.25) is 0 Å². The summed E-state index contributed by atoms with van der Waals surface area (Å²) in [7, 11) is 0. The molecule has 0 amide bonds. The molecule has 0 spiro atoms. The normalized spacial score (nSPS) is 10.3. The van der Waals surface area contributed by atoms with Gasteiger partial charge in [0.05, 0.1) is 0 Å². The van der Waals surface area contributed by atoms with Crippen molar-refractivity contribution in [3.63, 3.8) is 0 Å². The molecule has 1 aromatic carbocycles. The average Bonchev–Trinajstić information content (AvgIpc) is 2.43. The summed E-state index contributed by atoms with van der Waals surface area (Å²) in [4.78, 5) is 4.37. The second kappa shape index (κ2) is 6.94. The standard InChI is InChI=1S/C17H22N2O/c1-4-7-18-17-6-5-15(11-19-17)12-20-16-9-13(2)8-14(3)10-16/h5-6,8-11H,4,7,12H2,1-3H3,(H,18,19). The zero-order valence-corrected chi connectivity index (χ0v) is 12.4. The smallest absolute Gasteiger partial charge is 0.125 e. The van der Waals surface area contributed by atoms with Crippen molar-refractivity contribution in [2.24, 2.45) is 0 Å². The van der Waals surface area contributed by atoms with Gasteiger partial charge in [-0.2, -0.15) is 0 Å². The number of hydrogen-bond donors (Lipinski definition) is 1. The van der Waals surface area contributed by atoms with Crippen LogP contribution in [0.1, 0.15) is 30.0 Å². The SMILES string of the molecule is CCCNc1ccc(COc2cc(C)cc(C)c2)cn1. The van der Waals surface area contributed by atoms with Crippen molar-refractivity contribution in [2.45, 2.75) is 33.8 Å². The molecular weight excluding hydrogens is 248 g/mol. The van der Waals surface area contributed by atoms with Crippen molar-refractivity contribution < 1.29 is 4.74 Å². The molecule has 106 valence electrons. The van der Waals surface area contributed by atoms with Gasteiger partial charge in [0.15, 0.2) is 0 Å². The largest absolute Gasteiger partial charge is 0.489 e. The van der Waals surface area contributed by atoms with E-state index in [1.54, 1.807) is 0 Å². The van der Waals surface area contributed by atoms with Gasteiger partial charge in [0.25, 0.3) is 0 Å². The maximum absolute atomic E-state index is 5.81. The summed E-state index contributed by atoms with van der Waals surface area (Å²) >= 11 is 0. The molecule has 0 bridgehead atoms. The molecule has 3 heteroatoms. The van der Waals surface area contributed by atoms with Crippen molar-refractivity contribution in [2.75, 3.05) is 11.9 Å². The van der Waals surface area contributed by atoms with Gasteiger partial charge in [0.1, 0.15) is 18.2 Å². The zero-order chi connectivity index (χ0) is 14.4. The van der Waals surface area contributed by atoms with Crippen molar-refractivity contribution in [1.29, 1.82) is 0 Å². The molecule has 0 fully saturated rings. The van der Waals surface area contributed by atoms with Crippen LogP contribution in [-0.4, -0.2) is 11.5 Å². The number of aryl methyl sites for hydroxylation is 2. The molecule has 2 rings (SSSR count). The summed E-state index contributed by atoms with van der Waals surface area (Å²) in [5.41, 5.74) is 3.51. The van der Waals surface area contributed by atoms with E-state index < -0.39 is 0 Å². The molecule has 20 heavy (non-hydrogen) atoms. The Kier molecular flexibility index (Phi) is 4.99. The van der Waals surface area contributed by atoms with Crippen LogP contribution < -0.4 is 10.1 Å². The Labute approximate surface area is 121 Å². The first kappa shape index (κ1) is 14.4. The Morgan fingerprint density at radius 2 is 1.85 bits per heavy atom. The van der Waals surface area contributed by atoms with Crippen LogP contribution in [0.4, 0.5) is 5.82 Å². The molecule has 0 aliphatic rings. The minimum atomic E-state index is 0.546. The van der Waals surface area contributed by atoms with E-state index in [1.807, 2.05) is 18.3 Å². The summed E-state index contributed by atoms with van der Waals surface area (Å²) in [5.74, 6) is 1.83. The highest BCUT2D eigenvalue weighted by Gasteiger charge is 1.99. The molecule has 2 aromatic rings. The van der Waals surface area contributed by atoms with Crippen LogP contribution in [-0.2, 0) is 6.61 Å². The lowest BCUT2D eigenvalue weighted by atomic mass is 10.1. The number of benzene rings is 1. The van der Waals surface area contributed by atoms with Crippen molar-refractivity contribution in [1.82, 2.24) is 4.98 Å². The Bertz CT molecular complexity index is 529. The van der Waals surface area contributed by atoms with Crippen molar-refractivity contribution >= 4 is 5.82 Å². The van der Waals surface area contributed by atoms with Gasteiger partial charge >= 0.3 is 0 Å². The van der Waals surface area contributed by atoms with Crippen LogP contribution >= 0.6 is 0 Å². The summed E-state index contributed by atoms with van der Waals surface area (Å²) in [6.07, 6.45) is 2.96. The van der Waals surface area contributed by atoms with Gasteiger partial charge < -0.3 is 10.1 Å². The fourth-order valence-electron chi connectivity index (χ4n) is 2.05. The fraction of sp³-hybridized carbons (Fsp3) is 0.353. The molecule has 3 nitrogen and oxygen atoms in total. The minimum Gasteiger partial charge on any atom is -0.489 e. The maximum Gasteiger partial charge on any atom is 0.125 e. The predicted octanol–water partition coefficient (Wildman–Crippen LogP) is 4.10. The van der Waals surface area contributed by atoms with E-state index >= 15 is 0 Å². The molecule has 0 saturated carbocycles. The molecule has 0 atom stereocenters. The number of rotatable bonds is 6. The average molecular weight is 270 g/mol. The van der Waals surface area contributed by atoms with E-state index in [4.69, 9.17) is 4.74 Å². The highest BCUT2D eigenvalue weighted by Crippen LogP contribution is 2.17. The van der Waals surface area contributed by atoms with Crippen LogP contribution in [0.3, 0.4) is 0 Å². The van der Waals surface area contributed by atoms with Gasteiger partial charge in [-0.1, -0.05) is 19.1 Å². The lowest BCUT2D eigenvalue weighted by Gasteiger charge is -2.09. The van der Waals surface area contributed by atoms with Crippen LogP contribution in [0.25, 0.3) is 0 Å². The third-order valence-corrected chi connectivity index (χ3v) is 2.98. The third kappa shape index (κ3) is 4.26. The van der Waals surface area contributed by atoms with E-state index in [1.165, 1.54) is 11.1 Å². The Balaban J connectivity index is 1.93. The Hall–Kier alpha value is -2.03. The van der Waals surface area contributed by atoms with Gasteiger partial charge in [0, 0.05) is 18.3 Å². The van der Waals surface area contributed by atoms with E-state index in [2.05, 4.69) is 49.3 Å². The molecular formula is C17H22N2O. The number of ether oxygens (including phenoxy) is 1. The number of nitrogens with one attached hydrogen (secondary N) is 1. The molecule has 1 N–H and O–H groups in total. The Morgan fingerprint density at radius 3 is 2.45 bits per heavy atom. The van der Waals surface area contributed by atoms with Gasteiger partial charge in [-0.05, 0) is 49.6 Å². The van der Waals surface area contributed by atoms with Crippen LogP contribution in [0.5, 0.6) is 5.75 Å². The van der Waals surface area contributed by atoms with Crippen molar-refractivity contribution in [3.8, 4) is 5.75 Å². The lowest BCUT2D eigenvalue weighted by molar-refractivity contribution is 0.305. The van der Waals surface area contributed by atoms with Gasteiger partial charge in [-0.15, -0.1) is 0 Å². The number of pyridine rings is 1. The quantitative estimate of drug-likeness (QED) is 0.858. The highest BCUT2D eigenvalue weighted by molar-refractivity contribution is 5.36. The second-order valence-electron chi connectivity index (χ2n) is 5.09. The number of anilines is 1. The van der Waals surface area contributed by atoms with Gasteiger partial charge in [-0.25, -0.2) is 4.98 Å². The van der Waals surface area contributed by atoms with Crippen LogP contribution in [0, 0.1) is 13.8 Å². The summed E-state index contributed by atoms with van der Waals surface area (Å²) in [6.45, 7) is 7.79. The van der Waals surface area contributed by atoms with E-state index in [0.717, 1.165) is 30.1 Å². The van der Waals surface area contributed by atoms with Crippen molar-refractivity contribution in [3.05, 3.63) is 53.2 Å². The van der Waals surface area contributed by atoms with E-state index in [-0.39, 0.29) is 0 Å². The van der Waals surface area contributed by atoms with E-state index in [9.17, 15) is 0 Å². The third-order valence-electron chi connectivity index (χ3n) is 2.98. The molecule has 1 aromatic heterocycles. The number of nitrogens with zero attached hydrogens (tertiary/aromatic N) is 1. The van der Waals surface area contributed by atoms with Crippen LogP contribution in [0.15, 0.2) is 36.5 Å². The van der Waals surface area contributed by atoms with Gasteiger partial charge in [0.2, 0.25) is 0 Å². The van der Waals surface area contributed by atoms with E-state index in [0.29, 0.717) is 6.61 Å². The molecule has 0 aliphatic carbocycles. The fourth-order valence-corrected chi connectivity index (χ4v) is 2.05. The highest BCUT2D eigenvalue weighted by atomic mass is 16.5. The predicted molar refractivity (Wildman–Crippen MR) is 83.3 cm³/mol. The number of aromatic nitrogens is 1. The molecule has 0 unspecified atom stereocenters. The minimum absolute atomic E-state index is 0.546. The van der Waals surface area contributed by atoms with Gasteiger partial charge in [-0.3, -0.25) is 0 Å². The molecule has 1 heterocycles.